The van der Waals surface area contributed by atoms with Crippen LogP contribution in [0, 0.1) is 5.92 Å². The molecule has 1 aliphatic rings. The van der Waals surface area contributed by atoms with Gasteiger partial charge in [0.1, 0.15) is 6.61 Å². The van der Waals surface area contributed by atoms with Gasteiger partial charge in [-0.3, -0.25) is 0 Å². The van der Waals surface area contributed by atoms with E-state index in [0.29, 0.717) is 25.4 Å². The van der Waals surface area contributed by atoms with Gasteiger partial charge in [0, 0.05) is 24.9 Å². The number of amides is 1. The van der Waals surface area contributed by atoms with Crippen LogP contribution in [0.5, 0.6) is 0 Å². The van der Waals surface area contributed by atoms with E-state index < -0.39 is 5.97 Å². The maximum Gasteiger partial charge on any atom is 0.410 e. The largest absolute Gasteiger partial charge is 0.476 e. The molecule has 1 amide bonds. The van der Waals surface area contributed by atoms with E-state index in [1.807, 2.05) is 0 Å². The molecule has 0 saturated carbocycles. The first kappa shape index (κ1) is 15.5. The number of aromatic carboxylic acids is 1. The molecule has 0 aliphatic carbocycles. The van der Waals surface area contributed by atoms with E-state index >= 15 is 0 Å². The summed E-state index contributed by atoms with van der Waals surface area (Å²) in [5.74, 6) is -0.710. The average Bonchev–Trinajstić information content (AvgIpc) is 2.94. The number of hydrogen-bond acceptors (Lipinski definition) is 5. The summed E-state index contributed by atoms with van der Waals surface area (Å²) in [6.07, 6.45) is 3.86. The molecule has 2 heterocycles. The number of carboxylic acid groups (broad SMARTS) is 1. The van der Waals surface area contributed by atoms with E-state index in [1.165, 1.54) is 11.3 Å². The van der Waals surface area contributed by atoms with Crippen LogP contribution >= 0.6 is 11.3 Å². The van der Waals surface area contributed by atoms with E-state index in [9.17, 15) is 9.59 Å². The van der Waals surface area contributed by atoms with Gasteiger partial charge in [-0.1, -0.05) is 12.7 Å². The standard InChI is InChI=1S/C14H18N2O4S/c1-2-6-20-14(19)16-5-3-4-10(8-16)7-12-15-11(9-21-12)13(17)18/h2,9-10H,1,3-8H2,(H,17,18). The molecule has 1 aliphatic heterocycles. The van der Waals surface area contributed by atoms with Crippen molar-refractivity contribution in [2.75, 3.05) is 19.7 Å². The average molecular weight is 310 g/mol. The highest BCUT2D eigenvalue weighted by Crippen LogP contribution is 2.23. The Balaban J connectivity index is 1.89. The number of aromatic nitrogens is 1. The van der Waals surface area contributed by atoms with Crippen LogP contribution in [0.4, 0.5) is 4.79 Å². The van der Waals surface area contributed by atoms with E-state index in [1.54, 1.807) is 16.4 Å². The second kappa shape index (κ2) is 7.21. The summed E-state index contributed by atoms with van der Waals surface area (Å²) in [7, 11) is 0. The van der Waals surface area contributed by atoms with Crippen molar-refractivity contribution in [1.29, 1.82) is 0 Å². The molecule has 2 rings (SSSR count). The maximum absolute atomic E-state index is 11.8. The number of thiazole rings is 1. The quantitative estimate of drug-likeness (QED) is 0.845. The van der Waals surface area contributed by atoms with Gasteiger partial charge in [-0.2, -0.15) is 0 Å². The Bertz CT molecular complexity index is 529. The summed E-state index contributed by atoms with van der Waals surface area (Å²) in [5.41, 5.74) is 0.0908. The lowest BCUT2D eigenvalue weighted by molar-refractivity contribution is 0.0691. The smallest absolute Gasteiger partial charge is 0.410 e. The Morgan fingerprint density at radius 3 is 3.10 bits per heavy atom. The molecule has 0 bridgehead atoms. The Labute approximate surface area is 127 Å². The van der Waals surface area contributed by atoms with Crippen molar-refractivity contribution in [2.24, 2.45) is 5.92 Å². The molecular formula is C14H18N2O4S. The summed E-state index contributed by atoms with van der Waals surface area (Å²) >= 11 is 1.36. The van der Waals surface area contributed by atoms with E-state index in [0.717, 1.165) is 17.8 Å². The Morgan fingerprint density at radius 1 is 1.62 bits per heavy atom. The summed E-state index contributed by atoms with van der Waals surface area (Å²) < 4.78 is 5.04. The fourth-order valence-corrected chi connectivity index (χ4v) is 3.25. The summed E-state index contributed by atoms with van der Waals surface area (Å²) in [6.45, 7) is 5.05. The van der Waals surface area contributed by atoms with Gasteiger partial charge in [-0.25, -0.2) is 14.6 Å². The van der Waals surface area contributed by atoms with Crippen molar-refractivity contribution in [3.63, 3.8) is 0 Å². The first-order valence-electron chi connectivity index (χ1n) is 6.80. The molecule has 1 atom stereocenters. The number of carbonyl (C=O) groups excluding carboxylic acids is 1. The SMILES string of the molecule is C=CCOC(=O)N1CCCC(Cc2nc(C(=O)O)cs2)C1. The maximum atomic E-state index is 11.8. The first-order chi connectivity index (χ1) is 10.1. The van der Waals surface area contributed by atoms with Gasteiger partial charge >= 0.3 is 12.1 Å². The minimum absolute atomic E-state index is 0.0908. The van der Waals surface area contributed by atoms with Crippen LogP contribution in [0.15, 0.2) is 18.0 Å². The second-order valence-corrected chi connectivity index (χ2v) is 5.90. The summed E-state index contributed by atoms with van der Waals surface area (Å²) in [4.78, 5) is 28.4. The predicted octanol–water partition coefficient (Wildman–Crippen LogP) is 2.42. The number of carboxylic acids is 1. The third-order valence-electron chi connectivity index (χ3n) is 3.34. The minimum atomic E-state index is -1.00. The topological polar surface area (TPSA) is 79.7 Å². The lowest BCUT2D eigenvalue weighted by Gasteiger charge is -2.31. The van der Waals surface area contributed by atoms with Gasteiger partial charge in [-0.05, 0) is 18.8 Å². The van der Waals surface area contributed by atoms with Crippen LogP contribution < -0.4 is 0 Å². The molecule has 1 aromatic heterocycles. The number of likely N-dealkylation sites (tertiary alicyclic amines) is 1. The van der Waals surface area contributed by atoms with Crippen molar-refractivity contribution in [3.8, 4) is 0 Å². The molecular weight excluding hydrogens is 292 g/mol. The Hall–Kier alpha value is -1.89. The van der Waals surface area contributed by atoms with Crippen molar-refractivity contribution < 1.29 is 19.4 Å². The van der Waals surface area contributed by atoms with Crippen LogP contribution in [0.25, 0.3) is 0 Å². The minimum Gasteiger partial charge on any atom is -0.476 e. The lowest BCUT2D eigenvalue weighted by atomic mass is 9.95. The number of nitrogens with zero attached hydrogens (tertiary/aromatic N) is 2. The van der Waals surface area contributed by atoms with Gasteiger partial charge in [-0.15, -0.1) is 11.3 Å². The molecule has 7 heteroatoms. The van der Waals surface area contributed by atoms with Crippen molar-refractivity contribution in [2.45, 2.75) is 19.3 Å². The number of piperidine rings is 1. The van der Waals surface area contributed by atoms with Gasteiger partial charge in [0.05, 0.1) is 5.01 Å². The zero-order chi connectivity index (χ0) is 15.2. The first-order valence-corrected chi connectivity index (χ1v) is 7.68. The zero-order valence-electron chi connectivity index (χ0n) is 11.7. The van der Waals surface area contributed by atoms with Gasteiger partial charge in [0.25, 0.3) is 0 Å². The van der Waals surface area contributed by atoms with E-state index in [2.05, 4.69) is 11.6 Å². The third kappa shape index (κ3) is 4.29. The highest BCUT2D eigenvalue weighted by Gasteiger charge is 2.25. The van der Waals surface area contributed by atoms with E-state index in [-0.39, 0.29) is 18.4 Å². The molecule has 1 fully saturated rings. The molecule has 114 valence electrons. The molecule has 0 spiro atoms. The Morgan fingerprint density at radius 2 is 2.43 bits per heavy atom. The van der Waals surface area contributed by atoms with Crippen LogP contribution in [0.3, 0.4) is 0 Å². The van der Waals surface area contributed by atoms with Crippen molar-refractivity contribution >= 4 is 23.4 Å². The number of hydrogen-bond donors (Lipinski definition) is 1. The molecule has 1 unspecified atom stereocenters. The fraction of sp³-hybridized carbons (Fsp3) is 0.500. The van der Waals surface area contributed by atoms with Crippen LogP contribution in [-0.2, 0) is 11.2 Å². The third-order valence-corrected chi connectivity index (χ3v) is 4.21. The van der Waals surface area contributed by atoms with Crippen LogP contribution in [0.1, 0.15) is 28.3 Å². The monoisotopic (exact) mass is 310 g/mol. The fourth-order valence-electron chi connectivity index (χ4n) is 2.37. The van der Waals surface area contributed by atoms with Gasteiger partial charge in [0.2, 0.25) is 0 Å². The Kier molecular flexibility index (Phi) is 5.32. The zero-order valence-corrected chi connectivity index (χ0v) is 12.5. The van der Waals surface area contributed by atoms with Crippen molar-refractivity contribution in [1.82, 2.24) is 9.88 Å². The molecule has 1 aromatic rings. The molecule has 1 N–H and O–H groups in total. The highest BCUT2D eigenvalue weighted by molar-refractivity contribution is 7.09. The van der Waals surface area contributed by atoms with Crippen LogP contribution in [-0.4, -0.2) is 46.7 Å². The number of ether oxygens (including phenoxy) is 1. The van der Waals surface area contributed by atoms with Crippen molar-refractivity contribution in [3.05, 3.63) is 28.7 Å². The van der Waals surface area contributed by atoms with E-state index in [4.69, 9.17) is 9.84 Å². The summed E-state index contributed by atoms with van der Waals surface area (Å²) in [6, 6.07) is 0. The molecule has 0 aromatic carbocycles. The summed E-state index contributed by atoms with van der Waals surface area (Å²) in [5, 5.41) is 11.2. The number of carbonyl (C=O) groups is 2. The van der Waals surface area contributed by atoms with Gasteiger partial charge in [0.15, 0.2) is 5.69 Å². The molecule has 6 nitrogen and oxygen atoms in total. The molecule has 0 radical (unpaired) electrons. The highest BCUT2D eigenvalue weighted by atomic mass is 32.1. The van der Waals surface area contributed by atoms with Crippen LogP contribution in [0.2, 0.25) is 0 Å². The predicted molar refractivity (Wildman–Crippen MR) is 78.6 cm³/mol. The molecule has 1 saturated heterocycles. The molecule has 21 heavy (non-hydrogen) atoms. The number of rotatable bonds is 5. The lowest BCUT2D eigenvalue weighted by Crippen LogP contribution is -2.40. The normalized spacial score (nSPS) is 18.3. The van der Waals surface area contributed by atoms with Gasteiger partial charge < -0.3 is 14.7 Å². The second-order valence-electron chi connectivity index (χ2n) is 4.96.